The molecule has 0 amide bonds. The van der Waals surface area contributed by atoms with Crippen LogP contribution in [0.1, 0.15) is 33.9 Å². The largest absolute Gasteiger partial charge is 0.462 e. The Bertz CT molecular complexity index is 1590. The van der Waals surface area contributed by atoms with E-state index < -0.39 is 67.8 Å². The van der Waals surface area contributed by atoms with Crippen LogP contribution in [0.2, 0.25) is 0 Å². The normalized spacial score (nSPS) is 24.0. The predicted molar refractivity (Wildman–Crippen MR) is 151 cm³/mol. The molecule has 0 saturated carbocycles. The molecule has 1 aliphatic heterocycles. The first-order chi connectivity index (χ1) is 20.2. The second-order valence-corrected chi connectivity index (χ2v) is 12.1. The Morgan fingerprint density at radius 2 is 1.72 bits per heavy atom. The number of H-pyrrole nitrogens is 1. The van der Waals surface area contributed by atoms with Gasteiger partial charge in [-0.1, -0.05) is 24.3 Å². The lowest BCUT2D eigenvalue weighted by Crippen LogP contribution is -2.43. The minimum Gasteiger partial charge on any atom is -0.462 e. The maximum absolute atomic E-state index is 15.6. The van der Waals surface area contributed by atoms with Gasteiger partial charge in [-0.3, -0.25) is 23.7 Å². The zero-order chi connectivity index (χ0) is 31.5. The zero-order valence-corrected chi connectivity index (χ0v) is 24.6. The summed E-state index contributed by atoms with van der Waals surface area (Å²) in [5.41, 5.74) is -2.78. The fourth-order valence-electron chi connectivity index (χ4n) is 4.34. The van der Waals surface area contributed by atoms with E-state index in [0.29, 0.717) is 11.1 Å². The summed E-state index contributed by atoms with van der Waals surface area (Å²) in [6, 6.07) is 11.8. The van der Waals surface area contributed by atoms with E-state index in [0.717, 1.165) is 23.8 Å². The fourth-order valence-corrected chi connectivity index (χ4v) is 5.84. The van der Waals surface area contributed by atoms with Crippen molar-refractivity contribution in [1.29, 1.82) is 0 Å². The molecular weight excluding hydrogens is 591 g/mol. The highest BCUT2D eigenvalue weighted by molar-refractivity contribution is 7.52. The average Bonchev–Trinajstić information content (AvgIpc) is 3.16. The van der Waals surface area contributed by atoms with E-state index in [-0.39, 0.29) is 11.6 Å². The summed E-state index contributed by atoms with van der Waals surface area (Å²) < 4.78 is 65.5. The van der Waals surface area contributed by atoms with E-state index in [1.807, 2.05) is 4.98 Å². The van der Waals surface area contributed by atoms with E-state index in [1.54, 1.807) is 38.1 Å². The van der Waals surface area contributed by atoms with Crippen molar-refractivity contribution >= 4 is 13.7 Å². The standard InChI is InChI=1S/C28H32F2N3O9P/c1-16(2)40-25(36)17(3)32-43(38,42-21-11-7-19(8-12-21)18-5-9-20(29)10-6-18)39-15-22-24(35)28(4,30)26(41-22)33-14-13-23(34)31-27(33)37/h5-14,16-17,22,24,26,35H,15H2,1-4H3,(H,32,38)(H,31,34,37)/t17-,22+,24+,26+,28+,43?/m0/s1. The van der Waals surface area contributed by atoms with Gasteiger partial charge in [0.15, 0.2) is 11.9 Å². The number of rotatable bonds is 11. The summed E-state index contributed by atoms with van der Waals surface area (Å²) in [6.45, 7) is 4.95. The third kappa shape index (κ3) is 7.64. The summed E-state index contributed by atoms with van der Waals surface area (Å²) in [7, 11) is -4.45. The van der Waals surface area contributed by atoms with Gasteiger partial charge < -0.3 is 19.1 Å². The molecule has 0 radical (unpaired) electrons. The molecule has 3 N–H and O–H groups in total. The molecule has 2 heterocycles. The third-order valence-electron chi connectivity index (χ3n) is 6.54. The Hall–Kier alpha value is -3.68. The summed E-state index contributed by atoms with van der Waals surface area (Å²) >= 11 is 0. The van der Waals surface area contributed by atoms with Crippen LogP contribution in [0.4, 0.5) is 8.78 Å². The molecular formula is C28H32F2N3O9P. The first-order valence-electron chi connectivity index (χ1n) is 13.3. The number of carbonyl (C=O) groups is 1. The van der Waals surface area contributed by atoms with Gasteiger partial charge in [-0.2, -0.15) is 5.09 Å². The summed E-state index contributed by atoms with van der Waals surface area (Å²) in [4.78, 5) is 38.1. The Kier molecular flexibility index (Phi) is 9.67. The number of nitrogens with one attached hydrogen (secondary N) is 2. The minimum absolute atomic E-state index is 0.0620. The van der Waals surface area contributed by atoms with Crippen LogP contribution in [0.5, 0.6) is 5.75 Å². The van der Waals surface area contributed by atoms with Crippen LogP contribution >= 0.6 is 7.75 Å². The lowest BCUT2D eigenvalue weighted by molar-refractivity contribution is -0.149. The number of aliphatic hydroxyl groups is 1. The van der Waals surface area contributed by atoms with Crippen LogP contribution in [-0.4, -0.2) is 57.3 Å². The van der Waals surface area contributed by atoms with Gasteiger partial charge in [0.2, 0.25) is 0 Å². The predicted octanol–water partition coefficient (Wildman–Crippen LogP) is 3.46. The fraction of sp³-hybridized carbons (Fsp3) is 0.393. The molecule has 4 rings (SSSR count). The van der Waals surface area contributed by atoms with Gasteiger partial charge in [0, 0.05) is 12.3 Å². The van der Waals surface area contributed by atoms with Crippen LogP contribution < -0.4 is 20.9 Å². The summed E-state index contributed by atoms with van der Waals surface area (Å²) in [5, 5.41) is 13.2. The molecule has 0 bridgehead atoms. The number of carbonyl (C=O) groups excluding carboxylic acids is 1. The average molecular weight is 624 g/mol. The number of aromatic nitrogens is 2. The van der Waals surface area contributed by atoms with E-state index in [9.17, 15) is 28.4 Å². The van der Waals surface area contributed by atoms with Crippen LogP contribution in [0.15, 0.2) is 70.4 Å². The van der Waals surface area contributed by atoms with Crippen molar-refractivity contribution in [1.82, 2.24) is 14.6 Å². The molecule has 12 nitrogen and oxygen atoms in total. The molecule has 1 aromatic heterocycles. The van der Waals surface area contributed by atoms with Crippen LogP contribution in [0.3, 0.4) is 0 Å². The molecule has 1 fully saturated rings. The van der Waals surface area contributed by atoms with Crippen LogP contribution in [-0.2, 0) is 23.4 Å². The second-order valence-electron chi connectivity index (χ2n) is 10.4. The van der Waals surface area contributed by atoms with Gasteiger partial charge in [-0.25, -0.2) is 18.1 Å². The Labute approximate surface area is 245 Å². The van der Waals surface area contributed by atoms with Crippen molar-refractivity contribution in [3.63, 3.8) is 0 Å². The molecule has 15 heteroatoms. The van der Waals surface area contributed by atoms with Crippen LogP contribution in [0.25, 0.3) is 11.1 Å². The number of esters is 1. The Balaban J connectivity index is 1.55. The van der Waals surface area contributed by atoms with Gasteiger partial charge in [0.1, 0.15) is 29.8 Å². The second kappa shape index (κ2) is 12.9. The zero-order valence-electron chi connectivity index (χ0n) is 23.7. The highest BCUT2D eigenvalue weighted by atomic mass is 31.2. The highest BCUT2D eigenvalue weighted by Crippen LogP contribution is 2.47. The maximum atomic E-state index is 15.6. The van der Waals surface area contributed by atoms with Crippen molar-refractivity contribution in [3.8, 4) is 16.9 Å². The number of benzene rings is 2. The van der Waals surface area contributed by atoms with E-state index in [1.165, 1.54) is 31.2 Å². The molecule has 0 aliphatic carbocycles. The summed E-state index contributed by atoms with van der Waals surface area (Å²) in [5.74, 6) is -1.08. The van der Waals surface area contributed by atoms with Crippen molar-refractivity contribution in [2.24, 2.45) is 0 Å². The first kappa shape index (κ1) is 32.2. The molecule has 3 aromatic rings. The molecule has 2 aromatic carbocycles. The minimum atomic E-state index is -4.45. The number of ether oxygens (including phenoxy) is 2. The van der Waals surface area contributed by atoms with Gasteiger partial charge in [-0.15, -0.1) is 0 Å². The lowest BCUT2D eigenvalue weighted by atomic mass is 9.98. The maximum Gasteiger partial charge on any atom is 0.459 e. The smallest absolute Gasteiger partial charge is 0.459 e. The Morgan fingerprint density at radius 1 is 1.12 bits per heavy atom. The monoisotopic (exact) mass is 623 g/mol. The number of aliphatic hydroxyl groups excluding tert-OH is 1. The number of halogens is 2. The molecule has 232 valence electrons. The van der Waals surface area contributed by atoms with Crippen molar-refractivity contribution < 1.29 is 41.8 Å². The number of hydrogen-bond donors (Lipinski definition) is 3. The van der Waals surface area contributed by atoms with E-state index >= 15 is 4.39 Å². The molecule has 6 atom stereocenters. The lowest BCUT2D eigenvalue weighted by Gasteiger charge is -2.25. The molecule has 1 aliphatic rings. The SMILES string of the molecule is CC(C)OC(=O)[C@H](C)NP(=O)(OC[C@H]1O[C@@H](n2ccc(=O)[nH]c2=O)[C@](C)(F)[C@@H]1O)Oc1ccc(-c2ccc(F)cc2)cc1. The van der Waals surface area contributed by atoms with Crippen LogP contribution in [0, 0.1) is 5.82 Å². The first-order valence-corrected chi connectivity index (χ1v) is 14.8. The number of aromatic amines is 1. The number of nitrogens with zero attached hydrogens (tertiary/aromatic N) is 1. The van der Waals surface area contributed by atoms with Gasteiger partial charge >= 0.3 is 19.4 Å². The quantitative estimate of drug-likeness (QED) is 0.213. The Morgan fingerprint density at radius 3 is 2.30 bits per heavy atom. The molecule has 1 saturated heterocycles. The molecule has 0 spiro atoms. The van der Waals surface area contributed by atoms with Crippen molar-refractivity contribution in [3.05, 3.63) is 87.4 Å². The molecule has 1 unspecified atom stereocenters. The van der Waals surface area contributed by atoms with E-state index in [2.05, 4.69) is 5.09 Å². The summed E-state index contributed by atoms with van der Waals surface area (Å²) in [6.07, 6.45) is -4.41. The van der Waals surface area contributed by atoms with E-state index in [4.69, 9.17) is 18.5 Å². The highest BCUT2D eigenvalue weighted by Gasteiger charge is 2.56. The topological polar surface area (TPSA) is 158 Å². The van der Waals surface area contributed by atoms with Gasteiger partial charge in [0.05, 0.1) is 12.7 Å². The van der Waals surface area contributed by atoms with Gasteiger partial charge in [0.25, 0.3) is 5.56 Å². The number of hydrogen-bond acceptors (Lipinski definition) is 9. The van der Waals surface area contributed by atoms with Crippen molar-refractivity contribution in [2.45, 2.75) is 63.9 Å². The number of alkyl halides is 1. The molecule has 43 heavy (non-hydrogen) atoms. The third-order valence-corrected chi connectivity index (χ3v) is 8.19. The van der Waals surface area contributed by atoms with Gasteiger partial charge in [-0.05, 0) is 63.1 Å². The van der Waals surface area contributed by atoms with Crippen molar-refractivity contribution in [2.75, 3.05) is 6.61 Å².